The molecule has 2 amide bonds. The maximum absolute atomic E-state index is 12.9. The number of nitrogen functional groups attached to an aromatic ring is 1. The van der Waals surface area contributed by atoms with E-state index in [0.29, 0.717) is 0 Å². The highest BCUT2D eigenvalue weighted by molar-refractivity contribution is 7.90. The molecule has 3 heterocycles. The molecule has 0 unspecified atom stereocenters. The third-order valence-electron chi connectivity index (χ3n) is 4.29. The Morgan fingerprint density at radius 3 is 2.20 bits per heavy atom. The van der Waals surface area contributed by atoms with Crippen molar-refractivity contribution in [2.75, 3.05) is 31.9 Å². The molecule has 0 fully saturated rings. The molecule has 3 aromatic rings. The number of rotatable bonds is 9. The predicted molar refractivity (Wildman–Crippen MR) is 136 cm³/mol. The highest BCUT2D eigenvalue weighted by Gasteiger charge is 2.29. The van der Waals surface area contributed by atoms with Crippen LogP contribution in [0.15, 0.2) is 17.3 Å². The second kappa shape index (κ2) is 13.6. The number of aliphatic carboxylic acids is 1. The monoisotopic (exact) mass is 640 g/mol. The first-order valence-corrected chi connectivity index (χ1v) is 12.6. The molecule has 3 rings (SSSR count). The van der Waals surface area contributed by atoms with Crippen LogP contribution in [-0.4, -0.2) is 82.2 Å². The molecule has 6 N–H and O–H groups in total. The summed E-state index contributed by atoms with van der Waals surface area (Å²) in [4.78, 5) is 44.1. The quantitative estimate of drug-likeness (QED) is 0.204. The fourth-order valence-corrected chi connectivity index (χ4v) is 4.19. The molecule has 18 nitrogen and oxygen atoms in total. The van der Waals surface area contributed by atoms with Crippen LogP contribution in [-0.2, 0) is 21.9 Å². The van der Waals surface area contributed by atoms with E-state index >= 15 is 0 Å². The summed E-state index contributed by atoms with van der Waals surface area (Å²) in [7, 11) is -0.667. The van der Waals surface area contributed by atoms with Crippen molar-refractivity contribution in [3.8, 4) is 17.6 Å². The minimum Gasteiger partial charge on any atom is -0.481 e. The van der Waals surface area contributed by atoms with Crippen LogP contribution in [0.25, 0.3) is 0 Å². The van der Waals surface area contributed by atoms with Crippen LogP contribution < -0.4 is 30.0 Å². The van der Waals surface area contributed by atoms with Gasteiger partial charge in [0.15, 0.2) is 11.6 Å². The van der Waals surface area contributed by atoms with E-state index in [1.807, 2.05) is 0 Å². The number of halogens is 3. The van der Waals surface area contributed by atoms with Crippen molar-refractivity contribution in [2.45, 2.75) is 5.03 Å². The van der Waals surface area contributed by atoms with Crippen LogP contribution in [0.4, 0.5) is 20.8 Å². The van der Waals surface area contributed by atoms with Crippen LogP contribution in [0.3, 0.4) is 0 Å². The molecular weight excluding hydrogens is 622 g/mol. The Morgan fingerprint density at radius 2 is 1.68 bits per heavy atom. The van der Waals surface area contributed by atoms with Gasteiger partial charge < -0.3 is 30.2 Å². The summed E-state index contributed by atoms with van der Waals surface area (Å²) in [6.45, 7) is -0.701. The Balaban J connectivity index is 0.000000333. The molecule has 0 radical (unpaired) electrons. The van der Waals surface area contributed by atoms with Crippen LogP contribution >= 0.6 is 23.2 Å². The molecule has 0 saturated heterocycles. The third-order valence-corrected chi connectivity index (χ3v) is 6.47. The number of urea groups is 1. The smallest absolute Gasteiger partial charge is 0.341 e. The number of amides is 2. The Labute approximate surface area is 239 Å². The second-order valence-corrected chi connectivity index (χ2v) is 9.41. The molecule has 0 atom stereocenters. The number of nitrogens with two attached hydrogens (primary N) is 1. The Hall–Kier alpha value is -4.69. The van der Waals surface area contributed by atoms with Gasteiger partial charge in [-0.25, -0.2) is 19.1 Å². The maximum Gasteiger partial charge on any atom is 0.341 e. The summed E-state index contributed by atoms with van der Waals surface area (Å²) < 4.78 is 54.4. The third kappa shape index (κ3) is 8.40. The van der Waals surface area contributed by atoms with Crippen molar-refractivity contribution in [1.82, 2.24) is 29.5 Å². The van der Waals surface area contributed by atoms with Gasteiger partial charge in [-0.15, -0.1) is 0 Å². The van der Waals surface area contributed by atoms with E-state index in [2.05, 4.69) is 30.1 Å². The molecule has 0 aliphatic carbocycles. The minimum atomic E-state index is -4.53. The van der Waals surface area contributed by atoms with Gasteiger partial charge in [0.05, 0.1) is 32.2 Å². The van der Waals surface area contributed by atoms with E-state index in [1.54, 1.807) is 4.72 Å². The predicted octanol–water partition coefficient (Wildman–Crippen LogP) is 1.01. The van der Waals surface area contributed by atoms with Gasteiger partial charge in [0, 0.05) is 7.05 Å². The number of carboxylic acid groups (broad SMARTS) is 2. The van der Waals surface area contributed by atoms with Gasteiger partial charge in [0.25, 0.3) is 10.0 Å². The van der Waals surface area contributed by atoms with Crippen molar-refractivity contribution < 1.29 is 51.6 Å². The fourth-order valence-electron chi connectivity index (χ4n) is 2.59. The lowest BCUT2D eigenvalue weighted by Gasteiger charge is -2.10. The van der Waals surface area contributed by atoms with Gasteiger partial charge in [-0.1, -0.05) is 23.2 Å². The molecule has 0 spiro atoms. The summed E-state index contributed by atoms with van der Waals surface area (Å²) in [6.07, 6.45) is 0.852. The van der Waals surface area contributed by atoms with Gasteiger partial charge in [-0.2, -0.15) is 32.9 Å². The molecule has 3 aromatic heterocycles. The van der Waals surface area contributed by atoms with Gasteiger partial charge in [0.1, 0.15) is 15.6 Å². The number of aryl methyl sites for hydroxylation is 1. The van der Waals surface area contributed by atoms with Crippen molar-refractivity contribution in [3.63, 3.8) is 0 Å². The highest BCUT2D eigenvalue weighted by Crippen LogP contribution is 2.35. The number of carbonyl (C=O) groups is 3. The minimum absolute atomic E-state index is 0.0646. The number of methoxy groups -OCH3 is 2. The van der Waals surface area contributed by atoms with Crippen molar-refractivity contribution >= 4 is 62.8 Å². The fraction of sp³-hybridized carbons (Fsp3) is 0.211. The zero-order chi connectivity index (χ0) is 31.1. The number of carboxylic acids is 2. The van der Waals surface area contributed by atoms with Gasteiger partial charge >= 0.3 is 18.0 Å². The van der Waals surface area contributed by atoms with Crippen LogP contribution in [0.1, 0.15) is 10.4 Å². The second-order valence-electron chi connectivity index (χ2n) is 7.06. The molecule has 22 heteroatoms. The number of aromatic carboxylic acids is 1. The molecule has 0 aliphatic rings. The number of sulfonamides is 1. The Bertz CT molecular complexity index is 1570. The van der Waals surface area contributed by atoms with Crippen LogP contribution in [0, 0.1) is 5.95 Å². The van der Waals surface area contributed by atoms with E-state index in [9.17, 15) is 27.2 Å². The number of aromatic nitrogens is 5. The topological polar surface area (TPSA) is 260 Å². The summed E-state index contributed by atoms with van der Waals surface area (Å²) in [5.41, 5.74) is 4.48. The van der Waals surface area contributed by atoms with E-state index in [-0.39, 0.29) is 28.4 Å². The first-order chi connectivity index (χ1) is 19.1. The molecule has 0 saturated carbocycles. The number of nitrogens with one attached hydrogen (secondary N) is 2. The maximum atomic E-state index is 12.9. The number of anilines is 2. The molecule has 0 aliphatic heterocycles. The van der Waals surface area contributed by atoms with Crippen molar-refractivity contribution in [2.24, 2.45) is 7.05 Å². The van der Waals surface area contributed by atoms with Crippen molar-refractivity contribution in [3.05, 3.63) is 33.8 Å². The van der Waals surface area contributed by atoms with E-state index < -0.39 is 62.0 Å². The normalized spacial score (nSPS) is 10.6. The van der Waals surface area contributed by atoms with Crippen molar-refractivity contribution in [1.29, 1.82) is 0 Å². The van der Waals surface area contributed by atoms with Crippen LogP contribution in [0.5, 0.6) is 17.6 Å². The lowest BCUT2D eigenvalue weighted by molar-refractivity contribution is -0.139. The highest BCUT2D eigenvalue weighted by atomic mass is 35.5. The lowest BCUT2D eigenvalue weighted by atomic mass is 10.4. The lowest BCUT2D eigenvalue weighted by Crippen LogP contribution is -2.36. The average molecular weight is 641 g/mol. The molecule has 41 heavy (non-hydrogen) atoms. The summed E-state index contributed by atoms with van der Waals surface area (Å²) >= 11 is 11.0. The zero-order valence-electron chi connectivity index (χ0n) is 20.9. The molecule has 0 aromatic carbocycles. The number of hydrogen-bond acceptors (Lipinski definition) is 13. The molecule has 222 valence electrons. The SMILES string of the molecule is COc1cc(OC)nc(NC(=O)NS(=O)(=O)c2c(C(=O)O)cnn2C)n1.Nc1c(Cl)c(F)nc(OCC(=O)O)c1Cl. The summed E-state index contributed by atoms with van der Waals surface area (Å²) in [5.74, 6) is -4.40. The van der Waals surface area contributed by atoms with Gasteiger partial charge in [-0.05, 0) is 0 Å². The first-order valence-electron chi connectivity index (χ1n) is 10.3. The standard InChI is InChI=1S/C12H14N6O7S.C7H5Cl2FN2O3/c1-18-9(6(5-13-18)10(19)20)26(22,23)17-12(21)16-11-14-7(24-2)4-8(15-11)25-3;8-3-5(11)4(9)7(12-6(3)10)15-1-2(13)14/h4-5H,1-3H3,(H,19,20)(H2,14,15,16,17,21);1H2,(H2,11,12)(H,13,14). The van der Waals surface area contributed by atoms with E-state index in [1.165, 1.54) is 27.3 Å². The van der Waals surface area contributed by atoms with E-state index in [4.69, 9.17) is 48.6 Å². The number of hydrogen-bond donors (Lipinski definition) is 5. The van der Waals surface area contributed by atoms with E-state index in [0.717, 1.165) is 10.9 Å². The Morgan fingerprint density at radius 1 is 1.10 bits per heavy atom. The number of carbonyl (C=O) groups excluding carboxylic acids is 1. The van der Waals surface area contributed by atoms with Gasteiger partial charge in [0.2, 0.25) is 29.5 Å². The summed E-state index contributed by atoms with van der Waals surface area (Å²) in [6, 6.07) is 0.118. The first kappa shape index (κ1) is 32.5. The number of pyridine rings is 1. The van der Waals surface area contributed by atoms with Crippen LogP contribution in [0.2, 0.25) is 10.0 Å². The largest absolute Gasteiger partial charge is 0.481 e. The average Bonchev–Trinajstić information content (AvgIpc) is 3.31. The molecular formula is C19H19Cl2FN8O10S. The summed E-state index contributed by atoms with van der Waals surface area (Å²) in [5, 5.41) is 21.7. The number of ether oxygens (including phenoxy) is 3. The number of nitrogens with zero attached hydrogens (tertiary/aromatic N) is 5. The Kier molecular flexibility index (Phi) is 10.8. The zero-order valence-corrected chi connectivity index (χ0v) is 23.2. The van der Waals surface area contributed by atoms with Gasteiger partial charge in [-0.3, -0.25) is 10.00 Å². The molecule has 0 bridgehead atoms.